The van der Waals surface area contributed by atoms with Gasteiger partial charge in [0.1, 0.15) is 5.60 Å². The quantitative estimate of drug-likeness (QED) is 0.217. The van der Waals surface area contributed by atoms with Crippen molar-refractivity contribution in [2.75, 3.05) is 36.5 Å². The number of carbonyl (C=O) groups excluding carboxylic acids is 1. The first-order valence-corrected chi connectivity index (χ1v) is 17.4. The van der Waals surface area contributed by atoms with Gasteiger partial charge in [-0.25, -0.2) is 4.79 Å². The van der Waals surface area contributed by atoms with E-state index in [1.165, 1.54) is 0 Å². The molecule has 0 saturated heterocycles. The number of amides is 1. The molecule has 1 amide bonds. The third-order valence-corrected chi connectivity index (χ3v) is 10.0. The van der Waals surface area contributed by atoms with Gasteiger partial charge in [-0.2, -0.15) is 16.8 Å². The van der Waals surface area contributed by atoms with E-state index in [0.29, 0.717) is 33.6 Å². The minimum Gasteiger partial charge on any atom is -0.444 e. The molecule has 0 bridgehead atoms. The third-order valence-electron chi connectivity index (χ3n) is 6.79. The van der Waals surface area contributed by atoms with Crippen molar-refractivity contribution in [1.82, 2.24) is 0 Å². The van der Waals surface area contributed by atoms with Crippen molar-refractivity contribution in [2.45, 2.75) is 77.7 Å². The van der Waals surface area contributed by atoms with E-state index >= 15 is 0 Å². The number of aryl methyl sites for hydroxylation is 6. The molecular formula is C33H44N2O8S2. The van der Waals surface area contributed by atoms with Gasteiger partial charge in [-0.05, 0) is 109 Å². The smallest absolute Gasteiger partial charge is 0.412 e. The van der Waals surface area contributed by atoms with Crippen molar-refractivity contribution in [1.29, 1.82) is 0 Å². The number of rotatable bonds is 12. The summed E-state index contributed by atoms with van der Waals surface area (Å²) in [5.41, 5.74) is 4.74. The molecule has 246 valence electrons. The molecule has 3 aromatic rings. The highest BCUT2D eigenvalue weighted by Crippen LogP contribution is 2.26. The Bertz CT molecular complexity index is 1600. The van der Waals surface area contributed by atoms with Crippen LogP contribution in [0, 0.1) is 41.5 Å². The van der Waals surface area contributed by atoms with Crippen LogP contribution in [0.15, 0.2) is 58.3 Å². The molecule has 3 aromatic carbocycles. The van der Waals surface area contributed by atoms with Gasteiger partial charge in [0.25, 0.3) is 20.2 Å². The average Bonchev–Trinajstić information content (AvgIpc) is 2.85. The first-order chi connectivity index (χ1) is 20.8. The van der Waals surface area contributed by atoms with Gasteiger partial charge >= 0.3 is 6.09 Å². The lowest BCUT2D eigenvalue weighted by atomic mass is 10.1. The lowest BCUT2D eigenvalue weighted by Gasteiger charge is -2.25. The van der Waals surface area contributed by atoms with Crippen molar-refractivity contribution in [3.05, 3.63) is 81.9 Å². The Morgan fingerprint density at radius 2 is 1.07 bits per heavy atom. The molecular weight excluding hydrogens is 617 g/mol. The lowest BCUT2D eigenvalue weighted by molar-refractivity contribution is 0.0636. The van der Waals surface area contributed by atoms with E-state index in [9.17, 15) is 21.6 Å². The second kappa shape index (κ2) is 14.3. The number of hydrogen-bond acceptors (Lipinski definition) is 9. The Morgan fingerprint density at radius 3 is 1.42 bits per heavy atom. The van der Waals surface area contributed by atoms with Crippen LogP contribution in [0.3, 0.4) is 0 Å². The zero-order chi connectivity index (χ0) is 33.7. The Labute approximate surface area is 268 Å². The zero-order valence-electron chi connectivity index (χ0n) is 27.5. The van der Waals surface area contributed by atoms with Crippen LogP contribution in [0.1, 0.15) is 54.2 Å². The highest BCUT2D eigenvalue weighted by molar-refractivity contribution is 7.87. The van der Waals surface area contributed by atoms with Gasteiger partial charge in [0.05, 0.1) is 23.0 Å². The maximum absolute atomic E-state index is 13.1. The molecule has 0 aromatic heterocycles. The van der Waals surface area contributed by atoms with Crippen LogP contribution in [0.5, 0.6) is 0 Å². The summed E-state index contributed by atoms with van der Waals surface area (Å²) in [5, 5.41) is 2.67. The van der Waals surface area contributed by atoms with E-state index in [1.54, 1.807) is 102 Å². The molecule has 0 radical (unpaired) electrons. The van der Waals surface area contributed by atoms with Crippen LogP contribution >= 0.6 is 0 Å². The molecule has 12 heteroatoms. The minimum absolute atomic E-state index is 0.105. The highest BCUT2D eigenvalue weighted by Gasteiger charge is 2.24. The average molecular weight is 661 g/mol. The van der Waals surface area contributed by atoms with Crippen molar-refractivity contribution in [3.8, 4) is 0 Å². The monoisotopic (exact) mass is 660 g/mol. The number of benzene rings is 3. The first-order valence-electron chi connectivity index (χ1n) is 14.6. The van der Waals surface area contributed by atoms with Crippen molar-refractivity contribution in [3.63, 3.8) is 0 Å². The summed E-state index contributed by atoms with van der Waals surface area (Å²) in [6, 6.07) is 13.9. The van der Waals surface area contributed by atoms with E-state index in [1.807, 2.05) is 13.8 Å². The van der Waals surface area contributed by atoms with Crippen LogP contribution in [0.4, 0.5) is 16.2 Å². The van der Waals surface area contributed by atoms with E-state index in [4.69, 9.17) is 13.1 Å². The molecule has 0 saturated carbocycles. The predicted molar refractivity (Wildman–Crippen MR) is 176 cm³/mol. The Kier molecular flexibility index (Phi) is 11.5. The summed E-state index contributed by atoms with van der Waals surface area (Å²) in [6.45, 7) is 15.8. The maximum atomic E-state index is 13.1. The van der Waals surface area contributed by atoms with Crippen LogP contribution in [0.25, 0.3) is 0 Å². The number of anilines is 2. The third kappa shape index (κ3) is 10.0. The van der Waals surface area contributed by atoms with Crippen molar-refractivity contribution >= 4 is 37.7 Å². The number of hydrogen-bond donors (Lipinski definition) is 1. The van der Waals surface area contributed by atoms with E-state index < -0.39 is 31.9 Å². The van der Waals surface area contributed by atoms with Gasteiger partial charge in [0.2, 0.25) is 0 Å². The SMILES string of the molecule is Cc1cc(C)c(S(=O)(=O)OCCN(CCOS(=O)(=O)c2c(C)cc(C)cc2C)c2ccc(NC(=O)OC(C)(C)C)cc2)c(C)c1. The van der Waals surface area contributed by atoms with Gasteiger partial charge in [-0.1, -0.05) is 35.4 Å². The summed E-state index contributed by atoms with van der Waals surface area (Å²) < 4.78 is 68.8. The lowest BCUT2D eigenvalue weighted by Crippen LogP contribution is -2.32. The maximum Gasteiger partial charge on any atom is 0.412 e. The van der Waals surface area contributed by atoms with E-state index in [-0.39, 0.29) is 36.1 Å². The number of carbonyl (C=O) groups is 1. The number of nitrogens with one attached hydrogen (secondary N) is 1. The Morgan fingerprint density at radius 1 is 0.689 bits per heavy atom. The molecule has 45 heavy (non-hydrogen) atoms. The minimum atomic E-state index is -4.06. The van der Waals surface area contributed by atoms with E-state index in [0.717, 1.165) is 11.1 Å². The fraction of sp³-hybridized carbons (Fsp3) is 0.424. The largest absolute Gasteiger partial charge is 0.444 e. The molecule has 0 atom stereocenters. The highest BCUT2D eigenvalue weighted by atomic mass is 32.2. The number of ether oxygens (including phenoxy) is 1. The van der Waals surface area contributed by atoms with Crippen LogP contribution < -0.4 is 10.2 Å². The number of nitrogens with zero attached hydrogens (tertiary/aromatic N) is 1. The normalized spacial score (nSPS) is 12.2. The van der Waals surface area contributed by atoms with Gasteiger partial charge in [-0.15, -0.1) is 0 Å². The second-order valence-electron chi connectivity index (χ2n) is 12.2. The summed E-state index contributed by atoms with van der Waals surface area (Å²) >= 11 is 0. The molecule has 0 fully saturated rings. The van der Waals surface area contributed by atoms with Crippen molar-refractivity contribution in [2.24, 2.45) is 0 Å². The molecule has 0 heterocycles. The fourth-order valence-corrected chi connectivity index (χ4v) is 7.94. The predicted octanol–water partition coefficient (Wildman–Crippen LogP) is 6.50. The molecule has 0 unspecified atom stereocenters. The molecule has 0 aliphatic rings. The molecule has 3 rings (SSSR count). The van der Waals surface area contributed by atoms with Gasteiger partial charge in [0, 0.05) is 24.5 Å². The summed E-state index contributed by atoms with van der Waals surface area (Å²) in [4.78, 5) is 14.2. The Hall–Kier alpha value is -3.45. The van der Waals surface area contributed by atoms with Gasteiger partial charge in [0.15, 0.2) is 0 Å². The molecule has 1 N–H and O–H groups in total. The zero-order valence-corrected chi connectivity index (χ0v) is 29.1. The summed E-state index contributed by atoms with van der Waals surface area (Å²) in [5.74, 6) is 0. The first kappa shape index (κ1) is 36.0. The summed E-state index contributed by atoms with van der Waals surface area (Å²) in [6.07, 6.45) is -0.604. The van der Waals surface area contributed by atoms with Crippen LogP contribution in [-0.4, -0.2) is 54.8 Å². The molecule has 0 spiro atoms. The van der Waals surface area contributed by atoms with Gasteiger partial charge in [-0.3, -0.25) is 13.7 Å². The van der Waals surface area contributed by atoms with Gasteiger partial charge < -0.3 is 9.64 Å². The molecule has 0 aliphatic heterocycles. The van der Waals surface area contributed by atoms with Crippen LogP contribution in [-0.2, 0) is 33.3 Å². The van der Waals surface area contributed by atoms with E-state index in [2.05, 4.69) is 5.32 Å². The molecule has 10 nitrogen and oxygen atoms in total. The van der Waals surface area contributed by atoms with Crippen molar-refractivity contribution < 1.29 is 34.7 Å². The second-order valence-corrected chi connectivity index (χ2v) is 15.3. The molecule has 0 aliphatic carbocycles. The standard InChI is InChI=1S/C33H44N2O8S2/c1-22-18-24(3)30(25(4)19-22)44(37,38)41-16-14-35(29-12-10-28(11-13-29)34-32(36)43-33(7,8)9)15-17-42-45(39,40)31-26(5)20-23(2)21-27(31)6/h10-13,18-21H,14-17H2,1-9H3,(H,34,36). The van der Waals surface area contributed by atoms with Crippen LogP contribution in [0.2, 0.25) is 0 Å². The topological polar surface area (TPSA) is 128 Å². The fourth-order valence-electron chi connectivity index (χ4n) is 5.30. The summed E-state index contributed by atoms with van der Waals surface area (Å²) in [7, 11) is -8.12. The Balaban J connectivity index is 1.79.